The van der Waals surface area contributed by atoms with Gasteiger partial charge >= 0.3 is 36.9 Å². The average molecular weight is 671 g/mol. The van der Waals surface area contributed by atoms with E-state index < -0.39 is 43.0 Å². The van der Waals surface area contributed by atoms with Crippen LogP contribution in [-0.4, -0.2) is 137 Å². The first kappa shape index (κ1) is 39.3. The third-order valence-corrected chi connectivity index (χ3v) is 5.19. The number of hydrogen-bond donors (Lipinski definition) is 2. The van der Waals surface area contributed by atoms with E-state index in [0.29, 0.717) is 39.5 Å². The van der Waals surface area contributed by atoms with Gasteiger partial charge in [0.05, 0.1) is 6.61 Å². The maximum Gasteiger partial charge on any atom is 0.509 e. The number of aliphatic hydroxyl groups excluding tert-OH is 2. The second kappa shape index (κ2) is 22.7. The summed E-state index contributed by atoms with van der Waals surface area (Å²) in [5, 5.41) is 16.7. The van der Waals surface area contributed by atoms with Crippen LogP contribution in [0.4, 0.5) is 28.8 Å². The number of cyclic esters (lactones) is 12. The van der Waals surface area contributed by atoms with Crippen molar-refractivity contribution in [2.75, 3.05) is 59.5 Å². The molecule has 0 saturated carbocycles. The molecule has 262 valence electrons. The first-order valence-corrected chi connectivity index (χ1v) is 13.8. The van der Waals surface area contributed by atoms with E-state index in [1.54, 1.807) is 6.92 Å². The molecule has 6 saturated heterocycles. The SMILES string of the molecule is C=CC1COC(=O)O1.CC1COC(=O)O1.CCC1COC(=O)O1.O=C1OCC(CCO)O1.O=C1OCC(CO)O1.O=C1OCCO1. The van der Waals surface area contributed by atoms with Crippen LogP contribution in [0.25, 0.3) is 0 Å². The predicted molar refractivity (Wildman–Crippen MR) is 143 cm³/mol. The highest BCUT2D eigenvalue weighted by atomic mass is 16.8. The summed E-state index contributed by atoms with van der Waals surface area (Å²) in [4.78, 5) is 60.4. The van der Waals surface area contributed by atoms with Gasteiger partial charge in [-0.25, -0.2) is 28.8 Å². The van der Waals surface area contributed by atoms with Gasteiger partial charge in [-0.3, -0.25) is 0 Å². The van der Waals surface area contributed by atoms with Gasteiger partial charge in [0.2, 0.25) is 0 Å². The second-order valence-corrected chi connectivity index (χ2v) is 8.90. The van der Waals surface area contributed by atoms with Gasteiger partial charge in [0, 0.05) is 13.0 Å². The molecule has 0 aromatic carbocycles. The number of rotatable bonds is 5. The molecule has 6 heterocycles. The average Bonchev–Trinajstić information content (AvgIpc) is 3.89. The predicted octanol–water partition coefficient (Wildman–Crippen LogP) is 1.75. The minimum Gasteiger partial charge on any atom is -0.431 e. The van der Waals surface area contributed by atoms with Crippen LogP contribution >= 0.6 is 0 Å². The van der Waals surface area contributed by atoms with Gasteiger partial charge in [0.25, 0.3) is 0 Å². The third kappa shape index (κ3) is 18.2. The molecule has 5 atom stereocenters. The first-order chi connectivity index (χ1) is 22.0. The molecule has 20 heteroatoms. The minimum absolute atomic E-state index is 0.00231. The van der Waals surface area contributed by atoms with Crippen molar-refractivity contribution in [3.63, 3.8) is 0 Å². The zero-order valence-corrected chi connectivity index (χ0v) is 25.2. The molecule has 0 radical (unpaired) electrons. The number of carbonyl (C=O) groups excluding carboxylic acids is 6. The van der Waals surface area contributed by atoms with Gasteiger partial charge in [0.1, 0.15) is 64.6 Å². The lowest BCUT2D eigenvalue weighted by molar-refractivity contribution is 0.0918. The van der Waals surface area contributed by atoms with Crippen molar-refractivity contribution < 1.29 is 95.8 Å². The van der Waals surface area contributed by atoms with Crippen LogP contribution in [0.5, 0.6) is 0 Å². The Morgan fingerprint density at radius 1 is 0.609 bits per heavy atom. The number of carbonyl (C=O) groups is 6. The fourth-order valence-corrected chi connectivity index (χ4v) is 2.84. The van der Waals surface area contributed by atoms with E-state index in [1.807, 2.05) is 6.92 Å². The molecule has 0 aromatic rings. The largest absolute Gasteiger partial charge is 0.509 e. The Kier molecular flexibility index (Phi) is 19.4. The Balaban J connectivity index is 0.000000277. The van der Waals surface area contributed by atoms with Gasteiger partial charge in [-0.1, -0.05) is 13.5 Å². The van der Waals surface area contributed by atoms with Crippen LogP contribution in [0.3, 0.4) is 0 Å². The normalized spacial score (nSPS) is 26.0. The fourth-order valence-electron chi connectivity index (χ4n) is 2.84. The molecule has 20 nitrogen and oxygen atoms in total. The van der Waals surface area contributed by atoms with Gasteiger partial charge in [0.15, 0.2) is 12.2 Å². The Morgan fingerprint density at radius 2 is 1.07 bits per heavy atom. The molecular formula is C26H38O20. The summed E-state index contributed by atoms with van der Waals surface area (Å²) in [7, 11) is 0. The summed E-state index contributed by atoms with van der Waals surface area (Å²) in [6.45, 7) is 9.44. The maximum atomic E-state index is 10.2. The zero-order chi connectivity index (χ0) is 34.3. The second-order valence-electron chi connectivity index (χ2n) is 8.90. The highest BCUT2D eigenvalue weighted by Gasteiger charge is 2.25. The third-order valence-electron chi connectivity index (χ3n) is 5.19. The van der Waals surface area contributed by atoms with E-state index in [1.165, 1.54) is 6.08 Å². The lowest BCUT2D eigenvalue weighted by atomic mass is 10.3. The van der Waals surface area contributed by atoms with E-state index in [2.05, 4.69) is 63.4 Å². The smallest absolute Gasteiger partial charge is 0.431 e. The van der Waals surface area contributed by atoms with E-state index in [-0.39, 0.29) is 50.8 Å². The highest BCUT2D eigenvalue weighted by Crippen LogP contribution is 2.09. The summed E-state index contributed by atoms with van der Waals surface area (Å²) >= 11 is 0. The Labute approximate surface area is 262 Å². The molecule has 6 aliphatic heterocycles. The summed E-state index contributed by atoms with van der Waals surface area (Å²) in [6.07, 6.45) is -1.67. The van der Waals surface area contributed by atoms with E-state index in [4.69, 9.17) is 10.2 Å². The van der Waals surface area contributed by atoms with Crippen molar-refractivity contribution >= 4 is 36.9 Å². The molecule has 0 aromatic heterocycles. The van der Waals surface area contributed by atoms with Crippen molar-refractivity contribution in [3.05, 3.63) is 12.7 Å². The monoisotopic (exact) mass is 670 g/mol. The van der Waals surface area contributed by atoms with Gasteiger partial charge in [-0.15, -0.1) is 0 Å². The summed E-state index contributed by atoms with van der Waals surface area (Å²) < 4.78 is 53.3. The van der Waals surface area contributed by atoms with Crippen LogP contribution in [0.2, 0.25) is 0 Å². The Hall–Kier alpha value is -4.72. The molecule has 0 bridgehead atoms. The quantitative estimate of drug-likeness (QED) is 0.240. The lowest BCUT2D eigenvalue weighted by Gasteiger charge is -2.00. The standard InChI is InChI=1S/C5H8O4.C5H8O3.C5H6O3.C4H6O4.C4H6O3.C3H4O3/c6-2-1-4-3-8-5(7)9-4;2*1-2-4-3-7-5(6)8-4;5-1-3-2-7-4(6)8-3;1-3-2-6-4(5)7-3;4-3-5-1-2-6-3/h4,6H,1-3H2;4H,2-3H2,1H3;2,4H,1,3H2;3,5H,1-2H2;3H,2H2,1H3;1-2H2. The Morgan fingerprint density at radius 3 is 1.28 bits per heavy atom. The topological polar surface area (TPSA) is 254 Å². The van der Waals surface area contributed by atoms with Crippen molar-refractivity contribution in [2.24, 2.45) is 0 Å². The molecule has 6 aliphatic rings. The van der Waals surface area contributed by atoms with Crippen LogP contribution < -0.4 is 0 Å². The van der Waals surface area contributed by atoms with Crippen molar-refractivity contribution in [1.82, 2.24) is 0 Å². The summed E-state index contributed by atoms with van der Waals surface area (Å²) in [5.41, 5.74) is 0. The molecule has 46 heavy (non-hydrogen) atoms. The summed E-state index contributed by atoms with van der Waals surface area (Å²) in [5.74, 6) is 0. The van der Waals surface area contributed by atoms with Crippen LogP contribution in [0.15, 0.2) is 12.7 Å². The van der Waals surface area contributed by atoms with Gasteiger partial charge < -0.3 is 67.1 Å². The van der Waals surface area contributed by atoms with Gasteiger partial charge in [-0.2, -0.15) is 0 Å². The fraction of sp³-hybridized carbons (Fsp3) is 0.692. The van der Waals surface area contributed by atoms with Crippen LogP contribution in [0.1, 0.15) is 26.7 Å². The maximum absolute atomic E-state index is 10.2. The number of aliphatic hydroxyl groups is 2. The lowest BCUT2D eigenvalue weighted by Crippen LogP contribution is -2.14. The molecule has 0 spiro atoms. The van der Waals surface area contributed by atoms with Crippen molar-refractivity contribution in [3.8, 4) is 0 Å². The van der Waals surface area contributed by atoms with Crippen LogP contribution in [-0.2, 0) is 56.8 Å². The summed E-state index contributed by atoms with van der Waals surface area (Å²) in [6, 6.07) is 0. The number of ether oxygens (including phenoxy) is 12. The van der Waals surface area contributed by atoms with Crippen molar-refractivity contribution in [1.29, 1.82) is 0 Å². The van der Waals surface area contributed by atoms with Crippen molar-refractivity contribution in [2.45, 2.75) is 57.2 Å². The molecule has 6 fully saturated rings. The number of hydrogen-bond acceptors (Lipinski definition) is 20. The molecule has 0 amide bonds. The molecular weight excluding hydrogens is 632 g/mol. The van der Waals surface area contributed by atoms with E-state index >= 15 is 0 Å². The van der Waals surface area contributed by atoms with Crippen LogP contribution in [0, 0.1) is 0 Å². The van der Waals surface area contributed by atoms with E-state index in [0.717, 1.165) is 6.42 Å². The first-order valence-electron chi connectivity index (χ1n) is 13.8. The Bertz CT molecular complexity index is 951. The minimum atomic E-state index is -0.691. The molecule has 2 N–H and O–H groups in total. The van der Waals surface area contributed by atoms with Gasteiger partial charge in [-0.05, 0) is 19.4 Å². The molecule has 6 rings (SSSR count). The highest BCUT2D eigenvalue weighted by molar-refractivity contribution is 5.63. The molecule has 5 unspecified atom stereocenters. The van der Waals surface area contributed by atoms with E-state index in [9.17, 15) is 28.8 Å². The molecule has 0 aliphatic carbocycles. The zero-order valence-electron chi connectivity index (χ0n) is 25.2.